The van der Waals surface area contributed by atoms with Gasteiger partial charge in [0.2, 0.25) is 5.91 Å². The Morgan fingerprint density at radius 1 is 1.00 bits per heavy atom. The molecule has 0 fully saturated rings. The summed E-state index contributed by atoms with van der Waals surface area (Å²) in [6, 6.07) is 11.0. The van der Waals surface area contributed by atoms with Gasteiger partial charge in [-0.15, -0.1) is 11.8 Å². The van der Waals surface area contributed by atoms with Crippen molar-refractivity contribution in [2.75, 3.05) is 5.75 Å². The van der Waals surface area contributed by atoms with Crippen LogP contribution in [0.4, 0.5) is 8.78 Å². The lowest BCUT2D eigenvalue weighted by Gasteiger charge is -2.15. The standard InChI is InChI=1S/C17H16F2N2O3S/c1-11(24-14-6-2-12(18)3-7-14)17(23)21-20-16(22)10-25-15-8-4-13(19)5-9-15/h2-9,11H,10H2,1H3,(H,20,22)(H,21,23)/t11-/m0/s1. The number of carbonyl (C=O) groups is 2. The van der Waals surface area contributed by atoms with Gasteiger partial charge in [-0.1, -0.05) is 0 Å². The van der Waals surface area contributed by atoms with Gasteiger partial charge in [-0.25, -0.2) is 8.78 Å². The molecule has 0 radical (unpaired) electrons. The summed E-state index contributed by atoms with van der Waals surface area (Å²) in [5, 5.41) is 0. The van der Waals surface area contributed by atoms with Crippen LogP contribution in [0.2, 0.25) is 0 Å². The van der Waals surface area contributed by atoms with Gasteiger partial charge < -0.3 is 4.74 Å². The first-order valence-electron chi connectivity index (χ1n) is 7.33. The molecular weight excluding hydrogens is 350 g/mol. The number of hydrazine groups is 1. The lowest BCUT2D eigenvalue weighted by molar-refractivity contribution is -0.131. The predicted octanol–water partition coefficient (Wildman–Crippen LogP) is 2.67. The highest BCUT2D eigenvalue weighted by Gasteiger charge is 2.15. The van der Waals surface area contributed by atoms with Crippen molar-refractivity contribution in [1.29, 1.82) is 0 Å². The van der Waals surface area contributed by atoms with E-state index in [9.17, 15) is 18.4 Å². The van der Waals surface area contributed by atoms with E-state index in [0.717, 1.165) is 4.90 Å². The Labute approximate surface area is 147 Å². The van der Waals surface area contributed by atoms with Crippen molar-refractivity contribution < 1.29 is 23.1 Å². The summed E-state index contributed by atoms with van der Waals surface area (Å²) < 4.78 is 30.9. The first kappa shape index (κ1) is 18.7. The minimum Gasteiger partial charge on any atom is -0.481 e. The summed E-state index contributed by atoms with van der Waals surface area (Å²) in [5.74, 6) is -1.34. The molecule has 132 valence electrons. The van der Waals surface area contributed by atoms with E-state index in [1.54, 1.807) is 12.1 Å². The molecule has 2 amide bonds. The number of thioether (sulfide) groups is 1. The fourth-order valence-electron chi connectivity index (χ4n) is 1.72. The number of benzene rings is 2. The fourth-order valence-corrected chi connectivity index (χ4v) is 2.42. The van der Waals surface area contributed by atoms with Crippen molar-refractivity contribution in [2.24, 2.45) is 0 Å². The Morgan fingerprint density at radius 3 is 2.16 bits per heavy atom. The molecule has 2 aromatic rings. The molecule has 8 heteroatoms. The highest BCUT2D eigenvalue weighted by molar-refractivity contribution is 8.00. The summed E-state index contributed by atoms with van der Waals surface area (Å²) >= 11 is 1.20. The Morgan fingerprint density at radius 2 is 1.56 bits per heavy atom. The monoisotopic (exact) mass is 366 g/mol. The third kappa shape index (κ3) is 6.42. The second-order valence-corrected chi connectivity index (χ2v) is 6.04. The molecule has 0 saturated heterocycles. The molecule has 0 bridgehead atoms. The van der Waals surface area contributed by atoms with Gasteiger partial charge in [0.1, 0.15) is 17.4 Å². The van der Waals surface area contributed by atoms with E-state index < -0.39 is 23.7 Å². The van der Waals surface area contributed by atoms with Crippen LogP contribution in [0.15, 0.2) is 53.4 Å². The van der Waals surface area contributed by atoms with Crippen molar-refractivity contribution in [1.82, 2.24) is 10.9 Å². The van der Waals surface area contributed by atoms with Crippen LogP contribution in [0.1, 0.15) is 6.92 Å². The van der Waals surface area contributed by atoms with E-state index in [1.807, 2.05) is 0 Å². The van der Waals surface area contributed by atoms with Crippen LogP contribution in [0.3, 0.4) is 0 Å². The minimum atomic E-state index is -0.879. The topological polar surface area (TPSA) is 67.4 Å². The maximum atomic E-state index is 12.8. The summed E-state index contributed by atoms with van der Waals surface area (Å²) in [7, 11) is 0. The van der Waals surface area contributed by atoms with E-state index in [4.69, 9.17) is 4.74 Å². The van der Waals surface area contributed by atoms with Gasteiger partial charge in [-0.05, 0) is 55.5 Å². The number of hydrogen-bond donors (Lipinski definition) is 2. The molecule has 2 rings (SSSR count). The van der Waals surface area contributed by atoms with Crippen molar-refractivity contribution in [3.63, 3.8) is 0 Å². The Hall–Kier alpha value is -2.61. The van der Waals surface area contributed by atoms with E-state index in [-0.39, 0.29) is 11.6 Å². The van der Waals surface area contributed by atoms with Crippen LogP contribution in [0.5, 0.6) is 5.75 Å². The summed E-state index contributed by atoms with van der Waals surface area (Å²) in [5.41, 5.74) is 4.51. The second-order valence-electron chi connectivity index (χ2n) is 4.99. The van der Waals surface area contributed by atoms with Gasteiger partial charge in [-0.3, -0.25) is 20.4 Å². The van der Waals surface area contributed by atoms with Crippen molar-refractivity contribution in [3.05, 3.63) is 60.2 Å². The van der Waals surface area contributed by atoms with Crippen LogP contribution in [-0.4, -0.2) is 23.7 Å². The van der Waals surface area contributed by atoms with Gasteiger partial charge in [0.05, 0.1) is 5.75 Å². The molecule has 0 aliphatic rings. The average Bonchev–Trinajstić information content (AvgIpc) is 2.61. The average molecular weight is 366 g/mol. The molecule has 1 atom stereocenters. The molecule has 0 aliphatic carbocycles. The Kier molecular flexibility index (Phi) is 6.76. The van der Waals surface area contributed by atoms with Gasteiger partial charge in [-0.2, -0.15) is 0 Å². The summed E-state index contributed by atoms with van der Waals surface area (Å²) in [4.78, 5) is 24.3. The van der Waals surface area contributed by atoms with E-state index in [1.165, 1.54) is 55.1 Å². The molecule has 25 heavy (non-hydrogen) atoms. The third-order valence-electron chi connectivity index (χ3n) is 3.00. The highest BCUT2D eigenvalue weighted by Crippen LogP contribution is 2.17. The molecule has 0 spiro atoms. The van der Waals surface area contributed by atoms with Gasteiger partial charge in [0, 0.05) is 4.90 Å². The van der Waals surface area contributed by atoms with E-state index >= 15 is 0 Å². The van der Waals surface area contributed by atoms with Crippen LogP contribution in [0, 0.1) is 11.6 Å². The zero-order chi connectivity index (χ0) is 18.2. The third-order valence-corrected chi connectivity index (χ3v) is 4.02. The van der Waals surface area contributed by atoms with Crippen molar-refractivity contribution in [2.45, 2.75) is 17.9 Å². The van der Waals surface area contributed by atoms with Crippen LogP contribution >= 0.6 is 11.8 Å². The molecule has 0 aromatic heterocycles. The van der Waals surface area contributed by atoms with Crippen LogP contribution < -0.4 is 15.6 Å². The van der Waals surface area contributed by atoms with Crippen LogP contribution in [0.25, 0.3) is 0 Å². The number of hydrogen-bond acceptors (Lipinski definition) is 4. The lowest BCUT2D eigenvalue weighted by Crippen LogP contribution is -2.47. The summed E-state index contributed by atoms with van der Waals surface area (Å²) in [6.45, 7) is 1.50. The Bertz CT molecular complexity index is 724. The molecular formula is C17H16F2N2O3S. The number of nitrogens with one attached hydrogen (secondary N) is 2. The first-order valence-corrected chi connectivity index (χ1v) is 8.32. The van der Waals surface area contributed by atoms with Gasteiger partial charge >= 0.3 is 0 Å². The largest absolute Gasteiger partial charge is 0.481 e. The van der Waals surface area contributed by atoms with E-state index in [0.29, 0.717) is 5.75 Å². The smallest absolute Gasteiger partial charge is 0.279 e. The molecule has 2 aromatic carbocycles. The normalized spacial score (nSPS) is 11.5. The quantitative estimate of drug-likeness (QED) is 0.609. The molecule has 0 saturated carbocycles. The number of halogens is 2. The van der Waals surface area contributed by atoms with Crippen molar-refractivity contribution in [3.8, 4) is 5.75 Å². The zero-order valence-electron chi connectivity index (χ0n) is 13.3. The van der Waals surface area contributed by atoms with E-state index in [2.05, 4.69) is 10.9 Å². The molecule has 5 nitrogen and oxygen atoms in total. The first-order chi connectivity index (χ1) is 11.9. The predicted molar refractivity (Wildman–Crippen MR) is 89.9 cm³/mol. The Balaban J connectivity index is 1.71. The SMILES string of the molecule is C[C@H](Oc1ccc(F)cc1)C(=O)NNC(=O)CSc1ccc(F)cc1. The maximum absolute atomic E-state index is 12.8. The molecule has 0 heterocycles. The summed E-state index contributed by atoms with van der Waals surface area (Å²) in [6.07, 6.45) is -0.879. The zero-order valence-corrected chi connectivity index (χ0v) is 14.1. The maximum Gasteiger partial charge on any atom is 0.279 e. The van der Waals surface area contributed by atoms with Gasteiger partial charge in [0.15, 0.2) is 6.10 Å². The number of rotatable bonds is 6. The van der Waals surface area contributed by atoms with Crippen LogP contribution in [-0.2, 0) is 9.59 Å². The molecule has 0 unspecified atom stereocenters. The lowest BCUT2D eigenvalue weighted by atomic mass is 10.3. The number of carbonyl (C=O) groups excluding carboxylic acids is 2. The molecule has 2 N–H and O–H groups in total. The van der Waals surface area contributed by atoms with Gasteiger partial charge in [0.25, 0.3) is 5.91 Å². The minimum absolute atomic E-state index is 0.0547. The fraction of sp³-hybridized carbons (Fsp3) is 0.176. The molecule has 0 aliphatic heterocycles. The highest BCUT2D eigenvalue weighted by atomic mass is 32.2. The van der Waals surface area contributed by atoms with Crippen molar-refractivity contribution >= 4 is 23.6 Å². The second kappa shape index (κ2) is 9.03. The number of ether oxygens (including phenoxy) is 1. The number of amides is 2.